The lowest BCUT2D eigenvalue weighted by atomic mass is 10.0. The van der Waals surface area contributed by atoms with Gasteiger partial charge in [0, 0.05) is 31.7 Å². The average molecular weight is 382 g/mol. The molecule has 2 N–H and O–H groups in total. The molecule has 1 saturated heterocycles. The van der Waals surface area contributed by atoms with Crippen LogP contribution in [0.1, 0.15) is 36.6 Å². The number of nitrogens with one attached hydrogen (secondary N) is 2. The third-order valence-electron chi connectivity index (χ3n) is 4.94. The number of carbonyl (C=O) groups excluding carboxylic acids is 1. The topological polar surface area (TPSA) is 62.2 Å². The molecule has 1 aromatic heterocycles. The van der Waals surface area contributed by atoms with Gasteiger partial charge in [0.2, 0.25) is 0 Å². The summed E-state index contributed by atoms with van der Waals surface area (Å²) in [6, 6.07) is 8.18. The van der Waals surface area contributed by atoms with Crippen LogP contribution in [0.25, 0.3) is 5.69 Å². The van der Waals surface area contributed by atoms with Crippen LogP contribution in [0, 0.1) is 20.8 Å². The molecule has 0 spiro atoms. The van der Waals surface area contributed by atoms with Crippen molar-refractivity contribution in [1.29, 1.82) is 0 Å². The van der Waals surface area contributed by atoms with Gasteiger partial charge in [0.05, 0.1) is 11.4 Å². The zero-order valence-corrected chi connectivity index (χ0v) is 17.4. The van der Waals surface area contributed by atoms with Crippen molar-refractivity contribution in [2.45, 2.75) is 46.6 Å². The van der Waals surface area contributed by atoms with Crippen LogP contribution >= 0.6 is 0 Å². The lowest BCUT2D eigenvalue weighted by Gasteiger charge is -2.32. The Kier molecular flexibility index (Phi) is 6.19. The highest BCUT2D eigenvalue weighted by Crippen LogP contribution is 2.20. The van der Waals surface area contributed by atoms with E-state index in [-0.39, 0.29) is 12.1 Å². The molecule has 3 rings (SSSR count). The molecule has 2 amide bonds. The minimum absolute atomic E-state index is 0.177. The fourth-order valence-electron chi connectivity index (χ4n) is 3.81. The Morgan fingerprint density at radius 3 is 2.39 bits per heavy atom. The van der Waals surface area contributed by atoms with Crippen molar-refractivity contribution in [3.8, 4) is 5.69 Å². The second-order valence-corrected chi connectivity index (χ2v) is 8.03. The molecular formula is C22H31N5O. The zero-order valence-electron chi connectivity index (χ0n) is 17.4. The summed E-state index contributed by atoms with van der Waals surface area (Å²) in [5.41, 5.74) is 5.33. The summed E-state index contributed by atoms with van der Waals surface area (Å²) in [4.78, 5) is 15.0. The van der Waals surface area contributed by atoms with E-state index in [0.29, 0.717) is 5.82 Å². The molecular weight excluding hydrogens is 350 g/mol. The van der Waals surface area contributed by atoms with Gasteiger partial charge in [-0.15, -0.1) is 0 Å². The number of likely N-dealkylation sites (tertiary alicyclic amines) is 1. The number of hydrogen-bond donors (Lipinski definition) is 2. The van der Waals surface area contributed by atoms with Crippen LogP contribution in [0.4, 0.5) is 10.6 Å². The first-order valence-corrected chi connectivity index (χ1v) is 9.90. The maximum absolute atomic E-state index is 12.6. The van der Waals surface area contributed by atoms with Crippen molar-refractivity contribution in [3.05, 3.63) is 53.2 Å². The van der Waals surface area contributed by atoms with Crippen LogP contribution in [0.2, 0.25) is 0 Å². The van der Waals surface area contributed by atoms with Gasteiger partial charge in [0.25, 0.3) is 0 Å². The number of anilines is 1. The smallest absolute Gasteiger partial charge is 0.320 e. The first-order chi connectivity index (χ1) is 13.3. The van der Waals surface area contributed by atoms with E-state index in [1.54, 1.807) is 4.68 Å². The van der Waals surface area contributed by atoms with Crippen LogP contribution in [-0.2, 0) is 0 Å². The van der Waals surface area contributed by atoms with Crippen molar-refractivity contribution in [2.75, 3.05) is 25.0 Å². The molecule has 0 saturated carbocycles. The van der Waals surface area contributed by atoms with Crippen molar-refractivity contribution in [1.82, 2.24) is 20.0 Å². The maximum atomic E-state index is 12.6. The first-order valence-electron chi connectivity index (χ1n) is 9.90. The molecule has 1 aliphatic rings. The van der Waals surface area contributed by atoms with E-state index in [1.165, 1.54) is 16.7 Å². The Labute approximate surface area is 167 Å². The molecule has 1 aliphatic heterocycles. The summed E-state index contributed by atoms with van der Waals surface area (Å²) >= 11 is 0. The molecule has 1 fully saturated rings. The van der Waals surface area contributed by atoms with E-state index < -0.39 is 0 Å². The Morgan fingerprint density at radius 1 is 1.14 bits per heavy atom. The minimum Gasteiger partial charge on any atom is -0.335 e. The van der Waals surface area contributed by atoms with Crippen LogP contribution in [0.3, 0.4) is 0 Å². The van der Waals surface area contributed by atoms with Gasteiger partial charge in [0.15, 0.2) is 0 Å². The second-order valence-electron chi connectivity index (χ2n) is 8.03. The number of amides is 2. The molecule has 0 unspecified atom stereocenters. The first kappa shape index (κ1) is 20.1. The number of piperidine rings is 1. The number of aromatic nitrogens is 2. The molecule has 0 radical (unpaired) electrons. The molecule has 2 heterocycles. The standard InChI is InChI=1S/C22H31N5O/c1-15(2)14-26-8-6-19(7-9-26)23-22(28)24-21-13-18(5)25-27(21)20-11-16(3)10-17(4)12-20/h10-13,19H,1,6-9,14H2,2-5H3,(H2,23,24,28). The third kappa shape index (κ3) is 5.23. The molecule has 2 aromatic rings. The Morgan fingerprint density at radius 2 is 1.79 bits per heavy atom. The highest BCUT2D eigenvalue weighted by Gasteiger charge is 2.21. The Balaban J connectivity index is 1.63. The second kappa shape index (κ2) is 8.61. The van der Waals surface area contributed by atoms with Gasteiger partial charge < -0.3 is 5.32 Å². The number of hydrogen-bond acceptors (Lipinski definition) is 3. The quantitative estimate of drug-likeness (QED) is 0.771. The lowest BCUT2D eigenvalue weighted by molar-refractivity contribution is 0.207. The molecule has 150 valence electrons. The van der Waals surface area contributed by atoms with Crippen LogP contribution in [0.15, 0.2) is 36.4 Å². The fourth-order valence-corrected chi connectivity index (χ4v) is 3.81. The van der Waals surface area contributed by atoms with Crippen LogP contribution < -0.4 is 10.6 Å². The summed E-state index contributed by atoms with van der Waals surface area (Å²) in [5.74, 6) is 0.680. The van der Waals surface area contributed by atoms with Gasteiger partial charge in [-0.25, -0.2) is 9.48 Å². The van der Waals surface area contributed by atoms with E-state index >= 15 is 0 Å². The maximum Gasteiger partial charge on any atom is 0.320 e. The van der Waals surface area contributed by atoms with Crippen molar-refractivity contribution < 1.29 is 4.79 Å². The van der Waals surface area contributed by atoms with E-state index in [1.807, 2.05) is 13.0 Å². The van der Waals surface area contributed by atoms with E-state index in [2.05, 4.69) is 66.2 Å². The number of carbonyl (C=O) groups is 1. The number of benzene rings is 1. The summed E-state index contributed by atoms with van der Waals surface area (Å²) in [5, 5.41) is 10.7. The zero-order chi connectivity index (χ0) is 20.3. The van der Waals surface area contributed by atoms with E-state index in [4.69, 9.17) is 0 Å². The van der Waals surface area contributed by atoms with Crippen molar-refractivity contribution >= 4 is 11.8 Å². The lowest BCUT2D eigenvalue weighted by Crippen LogP contribution is -2.46. The fraction of sp³-hybridized carbons (Fsp3) is 0.455. The van der Waals surface area contributed by atoms with Gasteiger partial charge in [-0.05, 0) is 63.8 Å². The third-order valence-corrected chi connectivity index (χ3v) is 4.94. The Bertz CT molecular complexity index is 842. The van der Waals surface area contributed by atoms with Gasteiger partial charge in [-0.3, -0.25) is 10.2 Å². The number of rotatable bonds is 5. The minimum atomic E-state index is -0.177. The Hall–Kier alpha value is -2.60. The van der Waals surface area contributed by atoms with E-state index in [9.17, 15) is 4.79 Å². The van der Waals surface area contributed by atoms with Crippen LogP contribution in [-0.4, -0.2) is 46.4 Å². The van der Waals surface area contributed by atoms with Gasteiger partial charge in [-0.2, -0.15) is 5.10 Å². The van der Waals surface area contributed by atoms with Gasteiger partial charge >= 0.3 is 6.03 Å². The summed E-state index contributed by atoms with van der Waals surface area (Å²) in [6.07, 6.45) is 1.91. The predicted molar refractivity (Wildman–Crippen MR) is 114 cm³/mol. The number of urea groups is 1. The predicted octanol–water partition coefficient (Wildman–Crippen LogP) is 3.96. The molecule has 28 heavy (non-hydrogen) atoms. The number of aryl methyl sites for hydroxylation is 3. The molecule has 0 bridgehead atoms. The molecule has 6 heteroatoms. The summed E-state index contributed by atoms with van der Waals surface area (Å²) in [7, 11) is 0. The van der Waals surface area contributed by atoms with Crippen molar-refractivity contribution in [2.24, 2.45) is 0 Å². The summed E-state index contributed by atoms with van der Waals surface area (Å²) < 4.78 is 1.80. The SMILES string of the molecule is C=C(C)CN1CCC(NC(=O)Nc2cc(C)nn2-c2cc(C)cc(C)c2)CC1. The molecule has 6 nitrogen and oxygen atoms in total. The molecule has 0 atom stereocenters. The average Bonchev–Trinajstić information content (AvgIpc) is 2.95. The van der Waals surface area contributed by atoms with E-state index in [0.717, 1.165) is 43.9 Å². The number of nitrogens with zero attached hydrogens (tertiary/aromatic N) is 3. The van der Waals surface area contributed by atoms with Gasteiger partial charge in [0.1, 0.15) is 5.82 Å². The normalized spacial score (nSPS) is 15.4. The largest absolute Gasteiger partial charge is 0.335 e. The summed E-state index contributed by atoms with van der Waals surface area (Å²) in [6.45, 7) is 15.0. The molecule has 0 aliphatic carbocycles. The van der Waals surface area contributed by atoms with Crippen molar-refractivity contribution in [3.63, 3.8) is 0 Å². The molecule has 1 aromatic carbocycles. The van der Waals surface area contributed by atoms with Crippen LogP contribution in [0.5, 0.6) is 0 Å². The highest BCUT2D eigenvalue weighted by molar-refractivity contribution is 5.89. The highest BCUT2D eigenvalue weighted by atomic mass is 16.2. The van der Waals surface area contributed by atoms with Gasteiger partial charge in [-0.1, -0.05) is 18.2 Å². The monoisotopic (exact) mass is 381 g/mol.